The molecule has 0 bridgehead atoms. The first-order valence-corrected chi connectivity index (χ1v) is 5.71. The second-order valence-corrected chi connectivity index (χ2v) is 4.34. The molecular formula is C8H16N2OS. The molecule has 0 aliphatic rings. The van der Waals surface area contributed by atoms with Crippen LogP contribution in [0.15, 0.2) is 0 Å². The predicted octanol–water partition coefficient (Wildman–Crippen LogP) is 0.647. The number of nitrogens with zero attached hydrogens (tertiary/aromatic N) is 1. The first-order chi connectivity index (χ1) is 5.74. The van der Waals surface area contributed by atoms with Gasteiger partial charge in [-0.3, -0.25) is 4.21 Å². The van der Waals surface area contributed by atoms with Gasteiger partial charge in [0.15, 0.2) is 0 Å². The van der Waals surface area contributed by atoms with Crippen molar-refractivity contribution in [1.29, 1.82) is 5.26 Å². The smallest absolute Gasteiger partial charge is 0.0950 e. The van der Waals surface area contributed by atoms with Gasteiger partial charge in [0.25, 0.3) is 0 Å². The highest BCUT2D eigenvalue weighted by Crippen LogP contribution is 1.87. The van der Waals surface area contributed by atoms with Gasteiger partial charge in [0, 0.05) is 28.9 Å². The van der Waals surface area contributed by atoms with E-state index < -0.39 is 10.8 Å². The molecule has 0 aliphatic carbocycles. The highest BCUT2D eigenvalue weighted by Gasteiger charge is 2.02. The van der Waals surface area contributed by atoms with E-state index >= 15 is 0 Å². The second kappa shape index (κ2) is 7.26. The molecule has 4 heteroatoms. The molecule has 0 aromatic heterocycles. The summed E-state index contributed by atoms with van der Waals surface area (Å²) in [6, 6.07) is 2.05. The molecule has 0 saturated carbocycles. The van der Waals surface area contributed by atoms with Gasteiger partial charge >= 0.3 is 0 Å². The van der Waals surface area contributed by atoms with Crippen LogP contribution in [0.5, 0.6) is 0 Å². The Hall–Kier alpha value is -0.400. The molecule has 1 N–H and O–H groups in total. The first-order valence-electron chi connectivity index (χ1n) is 4.22. The van der Waals surface area contributed by atoms with Crippen molar-refractivity contribution in [1.82, 2.24) is 5.32 Å². The fourth-order valence-electron chi connectivity index (χ4n) is 0.773. The van der Waals surface area contributed by atoms with Gasteiger partial charge in [-0.1, -0.05) is 13.8 Å². The molecule has 2 unspecified atom stereocenters. The highest BCUT2D eigenvalue weighted by atomic mass is 32.2. The van der Waals surface area contributed by atoms with Gasteiger partial charge in [-0.2, -0.15) is 5.26 Å². The van der Waals surface area contributed by atoms with E-state index in [1.165, 1.54) is 0 Å². The van der Waals surface area contributed by atoms with Crippen molar-refractivity contribution < 1.29 is 4.21 Å². The Morgan fingerprint density at radius 2 is 2.25 bits per heavy atom. The summed E-state index contributed by atoms with van der Waals surface area (Å²) in [6.45, 7) is 4.53. The van der Waals surface area contributed by atoms with Crippen LogP contribution in [0.4, 0.5) is 0 Å². The van der Waals surface area contributed by atoms with Crippen LogP contribution < -0.4 is 5.32 Å². The zero-order valence-corrected chi connectivity index (χ0v) is 8.49. The van der Waals surface area contributed by atoms with Crippen molar-refractivity contribution in [2.45, 2.75) is 26.3 Å². The lowest BCUT2D eigenvalue weighted by atomic mass is 10.2. The first kappa shape index (κ1) is 11.6. The van der Waals surface area contributed by atoms with Crippen LogP contribution in [-0.4, -0.2) is 28.3 Å². The Labute approximate surface area is 76.6 Å². The summed E-state index contributed by atoms with van der Waals surface area (Å²) < 4.78 is 11.0. The standard InChI is InChI=1S/C8H16N2OS/c1-3-8(7-9)10-5-6-12(11)4-2/h8,10H,3-6H2,1-2H3. The molecule has 0 spiro atoms. The second-order valence-electron chi connectivity index (χ2n) is 2.48. The van der Waals surface area contributed by atoms with Crippen molar-refractivity contribution in [3.05, 3.63) is 0 Å². The van der Waals surface area contributed by atoms with E-state index in [1.807, 2.05) is 13.8 Å². The summed E-state index contributed by atoms with van der Waals surface area (Å²) in [4.78, 5) is 0. The zero-order valence-electron chi connectivity index (χ0n) is 7.67. The Morgan fingerprint density at radius 1 is 1.58 bits per heavy atom. The number of hydrogen-bond acceptors (Lipinski definition) is 3. The average molecular weight is 188 g/mol. The lowest BCUT2D eigenvalue weighted by Crippen LogP contribution is -2.30. The van der Waals surface area contributed by atoms with Crippen LogP contribution in [0.25, 0.3) is 0 Å². The quantitative estimate of drug-likeness (QED) is 0.665. The van der Waals surface area contributed by atoms with E-state index in [9.17, 15) is 4.21 Å². The van der Waals surface area contributed by atoms with Gasteiger partial charge in [0.05, 0.1) is 12.1 Å². The predicted molar refractivity (Wildman–Crippen MR) is 51.2 cm³/mol. The van der Waals surface area contributed by atoms with Crippen LogP contribution >= 0.6 is 0 Å². The van der Waals surface area contributed by atoms with E-state index in [4.69, 9.17) is 5.26 Å². The lowest BCUT2D eigenvalue weighted by Gasteiger charge is -2.07. The maximum absolute atomic E-state index is 11.0. The third kappa shape index (κ3) is 5.28. The van der Waals surface area contributed by atoms with E-state index in [0.717, 1.165) is 6.42 Å². The molecule has 0 aromatic rings. The van der Waals surface area contributed by atoms with Gasteiger partial charge in [-0.15, -0.1) is 0 Å². The molecule has 0 aromatic carbocycles. The summed E-state index contributed by atoms with van der Waals surface area (Å²) in [6.07, 6.45) is 0.801. The zero-order chi connectivity index (χ0) is 9.40. The van der Waals surface area contributed by atoms with E-state index in [1.54, 1.807) is 0 Å². The van der Waals surface area contributed by atoms with Crippen LogP contribution in [-0.2, 0) is 10.8 Å². The van der Waals surface area contributed by atoms with Gasteiger partial charge in [-0.05, 0) is 6.42 Å². The maximum Gasteiger partial charge on any atom is 0.0950 e. The van der Waals surface area contributed by atoms with Crippen molar-refractivity contribution in [3.8, 4) is 6.07 Å². The van der Waals surface area contributed by atoms with Gasteiger partial charge in [0.1, 0.15) is 0 Å². The third-order valence-electron chi connectivity index (χ3n) is 1.61. The van der Waals surface area contributed by atoms with Crippen molar-refractivity contribution in [3.63, 3.8) is 0 Å². The molecule has 2 atom stereocenters. The fraction of sp³-hybridized carbons (Fsp3) is 0.875. The minimum absolute atomic E-state index is 0.0844. The van der Waals surface area contributed by atoms with Crippen LogP contribution in [0.3, 0.4) is 0 Å². The summed E-state index contributed by atoms with van der Waals surface area (Å²) in [5, 5.41) is 11.6. The van der Waals surface area contributed by atoms with Gasteiger partial charge in [-0.25, -0.2) is 0 Å². The van der Waals surface area contributed by atoms with Crippen LogP contribution in [0, 0.1) is 11.3 Å². The van der Waals surface area contributed by atoms with E-state index in [0.29, 0.717) is 18.1 Å². The average Bonchev–Trinajstić information content (AvgIpc) is 2.12. The molecule has 0 aliphatic heterocycles. The van der Waals surface area contributed by atoms with Crippen molar-refractivity contribution in [2.24, 2.45) is 0 Å². The molecule has 0 fully saturated rings. The lowest BCUT2D eigenvalue weighted by molar-refractivity contribution is 0.607. The largest absolute Gasteiger partial charge is 0.301 e. The monoisotopic (exact) mass is 188 g/mol. The number of rotatable bonds is 6. The summed E-state index contributed by atoms with van der Waals surface area (Å²) in [5.41, 5.74) is 0. The number of hydrogen-bond donors (Lipinski definition) is 1. The van der Waals surface area contributed by atoms with Crippen molar-refractivity contribution in [2.75, 3.05) is 18.1 Å². The molecular weight excluding hydrogens is 172 g/mol. The molecule has 3 nitrogen and oxygen atoms in total. The Balaban J connectivity index is 3.43. The van der Waals surface area contributed by atoms with Crippen molar-refractivity contribution >= 4 is 10.8 Å². The molecule has 0 rings (SSSR count). The topological polar surface area (TPSA) is 52.9 Å². The highest BCUT2D eigenvalue weighted by molar-refractivity contribution is 7.84. The maximum atomic E-state index is 11.0. The molecule has 0 saturated heterocycles. The fourth-order valence-corrected chi connectivity index (χ4v) is 1.41. The SMILES string of the molecule is CCC(C#N)NCCS(=O)CC. The molecule has 12 heavy (non-hydrogen) atoms. The van der Waals surface area contributed by atoms with Gasteiger partial charge < -0.3 is 5.32 Å². The summed E-state index contributed by atoms with van der Waals surface area (Å²) in [7, 11) is -0.719. The van der Waals surface area contributed by atoms with Crippen LogP contribution in [0.1, 0.15) is 20.3 Å². The summed E-state index contributed by atoms with van der Waals surface area (Å²) in [5.74, 6) is 1.35. The minimum Gasteiger partial charge on any atom is -0.301 e. The van der Waals surface area contributed by atoms with Gasteiger partial charge in [0.2, 0.25) is 0 Å². The summed E-state index contributed by atoms with van der Waals surface area (Å²) >= 11 is 0. The Kier molecular flexibility index (Phi) is 7.02. The van der Waals surface area contributed by atoms with E-state index in [-0.39, 0.29) is 6.04 Å². The number of nitriles is 1. The molecule has 70 valence electrons. The number of nitrogens with one attached hydrogen (secondary N) is 1. The molecule has 0 amide bonds. The third-order valence-corrected chi connectivity index (χ3v) is 2.91. The van der Waals surface area contributed by atoms with Crippen LogP contribution in [0.2, 0.25) is 0 Å². The Bertz CT molecular complexity index is 176. The molecule has 0 radical (unpaired) electrons. The van der Waals surface area contributed by atoms with E-state index in [2.05, 4.69) is 11.4 Å². The Morgan fingerprint density at radius 3 is 2.67 bits per heavy atom. The molecule has 0 heterocycles. The normalized spacial score (nSPS) is 15.1. The minimum atomic E-state index is -0.719.